The van der Waals surface area contributed by atoms with E-state index in [1.54, 1.807) is 13.2 Å². The second kappa shape index (κ2) is 7.60. The van der Waals surface area contributed by atoms with Gasteiger partial charge in [-0.05, 0) is 43.2 Å². The molecule has 0 radical (unpaired) electrons. The summed E-state index contributed by atoms with van der Waals surface area (Å²) in [5.74, 6) is 0.640. The first-order valence-corrected chi connectivity index (χ1v) is 9.23. The highest BCUT2D eigenvalue weighted by molar-refractivity contribution is 6.30. The van der Waals surface area contributed by atoms with Crippen LogP contribution < -0.4 is 15.4 Å². The topological polar surface area (TPSA) is 53.5 Å². The Labute approximate surface area is 159 Å². The van der Waals surface area contributed by atoms with Crippen LogP contribution in [0.3, 0.4) is 0 Å². The van der Waals surface area contributed by atoms with Gasteiger partial charge in [0.05, 0.1) is 18.8 Å². The lowest BCUT2D eigenvalue weighted by atomic mass is 9.93. The lowest BCUT2D eigenvalue weighted by Crippen LogP contribution is -2.57. The predicted molar refractivity (Wildman–Crippen MR) is 106 cm³/mol. The predicted octanol–water partition coefficient (Wildman–Crippen LogP) is 4.85. The van der Waals surface area contributed by atoms with Crippen molar-refractivity contribution in [2.75, 3.05) is 7.11 Å². The first-order valence-electron chi connectivity index (χ1n) is 8.85. The third-order valence-electron chi connectivity index (χ3n) is 4.71. The minimum atomic E-state index is -0.293. The molecule has 0 aromatic heterocycles. The molecule has 2 unspecified atom stereocenters. The van der Waals surface area contributed by atoms with E-state index in [2.05, 4.69) is 30.6 Å². The van der Waals surface area contributed by atoms with E-state index in [4.69, 9.17) is 16.3 Å². The van der Waals surface area contributed by atoms with Gasteiger partial charge in [-0.25, -0.2) is 0 Å². The Balaban J connectivity index is 2.05. The molecular formula is C21H25ClN2O2. The smallest absolute Gasteiger partial charge is 0.162 e. The standard InChI is InChI=1S/C21H25ClN2O2/c1-4-12-21(2)23-17(14-8-10-15(22)11-9-14)13-18(24-21)16-6-5-7-19(26-3)20(16)25/h5-11,13,18,23-25H,4,12H2,1-3H3. The number of para-hydroxylation sites is 1. The second-order valence-corrected chi connectivity index (χ2v) is 7.25. The average molecular weight is 373 g/mol. The maximum atomic E-state index is 10.6. The number of benzene rings is 2. The summed E-state index contributed by atoms with van der Waals surface area (Å²) >= 11 is 6.04. The van der Waals surface area contributed by atoms with Crippen LogP contribution in [0, 0.1) is 0 Å². The maximum Gasteiger partial charge on any atom is 0.162 e. The molecule has 3 N–H and O–H groups in total. The molecule has 0 amide bonds. The van der Waals surface area contributed by atoms with E-state index in [0.717, 1.165) is 29.7 Å². The molecule has 0 saturated heterocycles. The molecule has 5 heteroatoms. The average Bonchev–Trinajstić information content (AvgIpc) is 2.62. The number of rotatable bonds is 5. The number of methoxy groups -OCH3 is 1. The maximum absolute atomic E-state index is 10.6. The van der Waals surface area contributed by atoms with Crippen molar-refractivity contribution in [3.05, 3.63) is 64.7 Å². The van der Waals surface area contributed by atoms with Gasteiger partial charge in [0, 0.05) is 16.3 Å². The molecule has 3 rings (SSSR count). The molecule has 138 valence electrons. The molecule has 4 nitrogen and oxygen atoms in total. The third-order valence-corrected chi connectivity index (χ3v) is 4.96. The van der Waals surface area contributed by atoms with E-state index < -0.39 is 0 Å². The lowest BCUT2D eigenvalue weighted by molar-refractivity contribution is 0.263. The fraction of sp³-hybridized carbons (Fsp3) is 0.333. The largest absolute Gasteiger partial charge is 0.504 e. The summed E-state index contributed by atoms with van der Waals surface area (Å²) in [6.07, 6.45) is 4.06. The second-order valence-electron chi connectivity index (χ2n) is 6.81. The Hall–Kier alpha value is -2.17. The molecule has 1 heterocycles. The number of phenolic OH excluding ortho intramolecular Hbond substituents is 1. The van der Waals surface area contributed by atoms with E-state index in [-0.39, 0.29) is 17.5 Å². The van der Waals surface area contributed by atoms with Gasteiger partial charge in [-0.15, -0.1) is 0 Å². The van der Waals surface area contributed by atoms with E-state index in [0.29, 0.717) is 10.8 Å². The number of nitrogens with one attached hydrogen (secondary N) is 2. The van der Waals surface area contributed by atoms with Gasteiger partial charge in [-0.2, -0.15) is 0 Å². The van der Waals surface area contributed by atoms with Crippen LogP contribution in [0.25, 0.3) is 5.70 Å². The van der Waals surface area contributed by atoms with Gasteiger partial charge in [0.25, 0.3) is 0 Å². The van der Waals surface area contributed by atoms with Gasteiger partial charge in [-0.1, -0.05) is 49.2 Å². The molecule has 0 saturated carbocycles. The normalized spacial score (nSPS) is 22.5. The summed E-state index contributed by atoms with van der Waals surface area (Å²) in [4.78, 5) is 0. The molecule has 1 aliphatic heterocycles. The molecule has 0 fully saturated rings. The molecule has 26 heavy (non-hydrogen) atoms. The summed E-state index contributed by atoms with van der Waals surface area (Å²) in [7, 11) is 1.56. The highest BCUT2D eigenvalue weighted by atomic mass is 35.5. The van der Waals surface area contributed by atoms with E-state index in [9.17, 15) is 5.11 Å². The molecule has 0 aliphatic carbocycles. The van der Waals surface area contributed by atoms with E-state index in [1.807, 2.05) is 36.4 Å². The minimum Gasteiger partial charge on any atom is -0.504 e. The van der Waals surface area contributed by atoms with Gasteiger partial charge in [0.15, 0.2) is 11.5 Å². The summed E-state index contributed by atoms with van der Waals surface area (Å²) in [6, 6.07) is 13.2. The number of ether oxygens (including phenoxy) is 1. The SMILES string of the molecule is CCCC1(C)NC(c2ccc(Cl)cc2)=CC(c2cccc(OC)c2O)N1. The van der Waals surface area contributed by atoms with Crippen molar-refractivity contribution in [1.82, 2.24) is 10.6 Å². The van der Waals surface area contributed by atoms with Crippen molar-refractivity contribution in [1.29, 1.82) is 0 Å². The molecule has 2 aromatic carbocycles. The number of halogens is 1. The van der Waals surface area contributed by atoms with Crippen molar-refractivity contribution < 1.29 is 9.84 Å². The van der Waals surface area contributed by atoms with Crippen molar-refractivity contribution >= 4 is 17.3 Å². The highest BCUT2D eigenvalue weighted by Crippen LogP contribution is 2.38. The Morgan fingerprint density at radius 1 is 1.19 bits per heavy atom. The molecule has 0 bridgehead atoms. The van der Waals surface area contributed by atoms with Crippen LogP contribution in [-0.4, -0.2) is 17.9 Å². The van der Waals surface area contributed by atoms with Crippen LogP contribution in [0.4, 0.5) is 0 Å². The quantitative estimate of drug-likeness (QED) is 0.702. The molecule has 2 aromatic rings. The molecular weight excluding hydrogens is 348 g/mol. The highest BCUT2D eigenvalue weighted by Gasteiger charge is 2.33. The van der Waals surface area contributed by atoms with Crippen molar-refractivity contribution in [2.45, 2.75) is 38.4 Å². The fourth-order valence-electron chi connectivity index (χ4n) is 3.48. The Morgan fingerprint density at radius 3 is 2.58 bits per heavy atom. The number of aromatic hydroxyl groups is 1. The zero-order chi connectivity index (χ0) is 18.7. The molecule has 1 aliphatic rings. The van der Waals surface area contributed by atoms with Crippen LogP contribution >= 0.6 is 11.6 Å². The monoisotopic (exact) mass is 372 g/mol. The number of hydrogen-bond acceptors (Lipinski definition) is 4. The Bertz CT molecular complexity index is 804. The van der Waals surface area contributed by atoms with Crippen molar-refractivity contribution in [3.8, 4) is 11.5 Å². The first kappa shape index (κ1) is 18.6. The fourth-order valence-corrected chi connectivity index (χ4v) is 3.61. The van der Waals surface area contributed by atoms with Crippen molar-refractivity contribution in [3.63, 3.8) is 0 Å². The summed E-state index contributed by atoms with van der Waals surface area (Å²) in [5, 5.41) is 18.5. The van der Waals surface area contributed by atoms with Gasteiger partial charge in [-0.3, -0.25) is 5.32 Å². The van der Waals surface area contributed by atoms with Gasteiger partial charge in [0.1, 0.15) is 0 Å². The van der Waals surface area contributed by atoms with Crippen LogP contribution in [-0.2, 0) is 0 Å². The van der Waals surface area contributed by atoms with Gasteiger partial charge >= 0.3 is 0 Å². The summed E-state index contributed by atoms with van der Waals surface area (Å²) < 4.78 is 5.27. The van der Waals surface area contributed by atoms with Gasteiger partial charge < -0.3 is 15.2 Å². The molecule has 2 atom stereocenters. The zero-order valence-corrected chi connectivity index (χ0v) is 16.1. The van der Waals surface area contributed by atoms with Crippen LogP contribution in [0.2, 0.25) is 5.02 Å². The van der Waals surface area contributed by atoms with Crippen molar-refractivity contribution in [2.24, 2.45) is 0 Å². The minimum absolute atomic E-state index is 0.145. The lowest BCUT2D eigenvalue weighted by Gasteiger charge is -2.41. The molecule has 0 spiro atoms. The zero-order valence-electron chi connectivity index (χ0n) is 15.3. The Kier molecular flexibility index (Phi) is 5.44. The van der Waals surface area contributed by atoms with Crippen LogP contribution in [0.1, 0.15) is 43.9 Å². The van der Waals surface area contributed by atoms with Gasteiger partial charge in [0.2, 0.25) is 0 Å². The van der Waals surface area contributed by atoms with E-state index in [1.165, 1.54) is 0 Å². The summed E-state index contributed by atoms with van der Waals surface area (Å²) in [6.45, 7) is 4.30. The number of hydrogen-bond donors (Lipinski definition) is 3. The summed E-state index contributed by atoms with van der Waals surface area (Å²) in [5.41, 5.74) is 2.58. The first-order chi connectivity index (χ1) is 12.5. The van der Waals surface area contributed by atoms with Crippen LogP contribution in [0.5, 0.6) is 11.5 Å². The van der Waals surface area contributed by atoms with E-state index >= 15 is 0 Å². The Morgan fingerprint density at radius 2 is 1.92 bits per heavy atom. The number of phenols is 1. The van der Waals surface area contributed by atoms with Crippen LogP contribution in [0.15, 0.2) is 48.5 Å². The third kappa shape index (κ3) is 3.81.